The third-order valence-electron chi connectivity index (χ3n) is 4.62. The summed E-state index contributed by atoms with van der Waals surface area (Å²) in [6.07, 6.45) is -4.89. The van der Waals surface area contributed by atoms with E-state index in [1.165, 1.54) is 23.5 Å². The fraction of sp³-hybridized carbons (Fsp3) is 0.0909. The van der Waals surface area contributed by atoms with Gasteiger partial charge in [0.25, 0.3) is 11.8 Å². The second-order valence-electron chi connectivity index (χ2n) is 6.59. The van der Waals surface area contributed by atoms with Gasteiger partial charge in [-0.3, -0.25) is 9.59 Å². The van der Waals surface area contributed by atoms with E-state index >= 15 is 0 Å². The van der Waals surface area contributed by atoms with Crippen molar-refractivity contribution >= 4 is 40.1 Å². The quantitative estimate of drug-likeness (QED) is 0.516. The average molecular weight is 444 g/mol. The van der Waals surface area contributed by atoms with Crippen molar-refractivity contribution in [3.05, 3.63) is 82.7 Å². The average Bonchev–Trinajstić information content (AvgIpc) is 3.33. The number of halogens is 3. The summed E-state index contributed by atoms with van der Waals surface area (Å²) < 4.78 is 41.8. The number of hydrogen-bond donors (Lipinski definition) is 0. The highest BCUT2D eigenvalue weighted by Gasteiger charge is 2.43. The standard InChI is InChI=1S/C22H15F3N2O3S/c1-26(14-7-3-2-4-8-14)19-18(17-11-6-12-31-17)20(28)27(21(19)29)15-9-5-10-16(13-15)30-22(23,24)25/h2-13H,1H3. The lowest BCUT2D eigenvalue weighted by Gasteiger charge is -2.21. The highest BCUT2D eigenvalue weighted by Crippen LogP contribution is 2.38. The number of carbonyl (C=O) groups is 2. The van der Waals surface area contributed by atoms with Crippen molar-refractivity contribution in [3.63, 3.8) is 0 Å². The predicted octanol–water partition coefficient (Wildman–Crippen LogP) is 5.07. The molecule has 2 aromatic carbocycles. The smallest absolute Gasteiger partial charge is 0.406 e. The Morgan fingerprint density at radius 2 is 1.68 bits per heavy atom. The molecule has 4 rings (SSSR count). The topological polar surface area (TPSA) is 49.9 Å². The molecule has 3 aromatic rings. The Balaban J connectivity index is 1.79. The number of benzene rings is 2. The number of amides is 2. The number of ether oxygens (including phenoxy) is 1. The Labute approximate surface area is 179 Å². The molecule has 1 aliphatic rings. The van der Waals surface area contributed by atoms with Crippen LogP contribution in [0.25, 0.3) is 5.57 Å². The molecule has 0 radical (unpaired) electrons. The number of anilines is 2. The minimum atomic E-state index is -4.89. The van der Waals surface area contributed by atoms with Crippen LogP contribution in [-0.4, -0.2) is 25.2 Å². The van der Waals surface area contributed by atoms with Crippen molar-refractivity contribution < 1.29 is 27.5 Å². The van der Waals surface area contributed by atoms with E-state index in [4.69, 9.17) is 0 Å². The lowest BCUT2D eigenvalue weighted by molar-refractivity contribution is -0.274. The van der Waals surface area contributed by atoms with E-state index in [1.54, 1.807) is 53.7 Å². The number of imide groups is 1. The summed E-state index contributed by atoms with van der Waals surface area (Å²) in [5.74, 6) is -1.77. The Hall–Kier alpha value is -3.59. The van der Waals surface area contributed by atoms with Crippen LogP contribution in [0.15, 0.2) is 77.8 Å². The van der Waals surface area contributed by atoms with Crippen molar-refractivity contribution in [2.75, 3.05) is 16.8 Å². The second-order valence-corrected chi connectivity index (χ2v) is 7.53. The van der Waals surface area contributed by atoms with E-state index in [1.807, 2.05) is 6.07 Å². The summed E-state index contributed by atoms with van der Waals surface area (Å²) in [4.78, 5) is 29.8. The van der Waals surface area contributed by atoms with Crippen LogP contribution in [0.2, 0.25) is 0 Å². The van der Waals surface area contributed by atoms with Crippen molar-refractivity contribution in [3.8, 4) is 5.75 Å². The third kappa shape index (κ3) is 4.04. The van der Waals surface area contributed by atoms with Gasteiger partial charge in [-0.1, -0.05) is 30.3 Å². The summed E-state index contributed by atoms with van der Waals surface area (Å²) in [6, 6.07) is 17.3. The van der Waals surface area contributed by atoms with E-state index in [0.717, 1.165) is 17.0 Å². The van der Waals surface area contributed by atoms with E-state index in [2.05, 4.69) is 4.74 Å². The number of likely N-dealkylation sites (N-methyl/N-ethyl adjacent to an activating group) is 1. The zero-order valence-corrected chi connectivity index (χ0v) is 16.9. The Bertz CT molecular complexity index is 1160. The minimum Gasteiger partial charge on any atom is -0.406 e. The van der Waals surface area contributed by atoms with Gasteiger partial charge >= 0.3 is 6.36 Å². The maximum absolute atomic E-state index is 13.4. The molecule has 9 heteroatoms. The first-order valence-corrected chi connectivity index (χ1v) is 9.96. The number of thiophene rings is 1. The van der Waals surface area contributed by atoms with Crippen LogP contribution >= 0.6 is 11.3 Å². The van der Waals surface area contributed by atoms with Gasteiger partial charge in [0, 0.05) is 23.7 Å². The highest BCUT2D eigenvalue weighted by atomic mass is 32.1. The fourth-order valence-corrected chi connectivity index (χ4v) is 4.07. The first-order chi connectivity index (χ1) is 14.8. The van der Waals surface area contributed by atoms with Gasteiger partial charge in [-0.2, -0.15) is 0 Å². The maximum atomic E-state index is 13.4. The molecular weight excluding hydrogens is 429 g/mol. The van der Waals surface area contributed by atoms with Crippen molar-refractivity contribution in [1.29, 1.82) is 0 Å². The predicted molar refractivity (Wildman–Crippen MR) is 112 cm³/mol. The van der Waals surface area contributed by atoms with Crippen LogP contribution in [0, 0.1) is 0 Å². The second kappa shape index (κ2) is 7.92. The van der Waals surface area contributed by atoms with E-state index in [9.17, 15) is 22.8 Å². The van der Waals surface area contributed by atoms with Crippen LogP contribution in [0.1, 0.15) is 4.88 Å². The monoisotopic (exact) mass is 444 g/mol. The van der Waals surface area contributed by atoms with Gasteiger partial charge in [0.15, 0.2) is 0 Å². The first-order valence-electron chi connectivity index (χ1n) is 9.08. The Morgan fingerprint density at radius 1 is 0.935 bits per heavy atom. The van der Waals surface area contributed by atoms with Gasteiger partial charge in [0.05, 0.1) is 11.3 Å². The molecular formula is C22H15F3N2O3S. The normalized spacial score (nSPS) is 14.4. The fourth-order valence-electron chi connectivity index (χ4n) is 3.31. The number of hydrogen-bond acceptors (Lipinski definition) is 5. The molecule has 0 aliphatic carbocycles. The lowest BCUT2D eigenvalue weighted by atomic mass is 10.1. The lowest BCUT2D eigenvalue weighted by Crippen LogP contribution is -2.34. The molecule has 1 aromatic heterocycles. The molecule has 31 heavy (non-hydrogen) atoms. The number of rotatable bonds is 5. The Morgan fingerprint density at radius 3 is 2.32 bits per heavy atom. The molecule has 0 saturated carbocycles. The van der Waals surface area contributed by atoms with E-state index in [-0.39, 0.29) is 17.0 Å². The highest BCUT2D eigenvalue weighted by molar-refractivity contribution is 7.11. The summed E-state index contributed by atoms with van der Waals surface area (Å²) >= 11 is 1.29. The molecule has 5 nitrogen and oxygen atoms in total. The molecule has 0 spiro atoms. The number of nitrogens with zero attached hydrogens (tertiary/aromatic N) is 2. The summed E-state index contributed by atoms with van der Waals surface area (Å²) in [7, 11) is 1.66. The number of alkyl halides is 3. The largest absolute Gasteiger partial charge is 0.573 e. The zero-order valence-electron chi connectivity index (χ0n) is 16.1. The molecule has 0 fully saturated rings. The van der Waals surface area contributed by atoms with Crippen LogP contribution < -0.4 is 14.5 Å². The van der Waals surface area contributed by atoms with Crippen molar-refractivity contribution in [2.24, 2.45) is 0 Å². The van der Waals surface area contributed by atoms with Gasteiger partial charge in [0.1, 0.15) is 11.4 Å². The molecule has 1 aliphatic heterocycles. The SMILES string of the molecule is CN(C1=C(c2cccs2)C(=O)N(c2cccc(OC(F)(F)F)c2)C1=O)c1ccccc1. The van der Waals surface area contributed by atoms with Gasteiger partial charge < -0.3 is 9.64 Å². The molecule has 0 N–H and O–H groups in total. The van der Waals surface area contributed by atoms with Crippen LogP contribution in [0.5, 0.6) is 5.75 Å². The molecule has 0 unspecified atom stereocenters. The van der Waals surface area contributed by atoms with Gasteiger partial charge in [-0.25, -0.2) is 4.90 Å². The molecule has 2 amide bonds. The third-order valence-corrected chi connectivity index (χ3v) is 5.50. The van der Waals surface area contributed by atoms with Crippen LogP contribution in [-0.2, 0) is 9.59 Å². The molecule has 0 atom stereocenters. The van der Waals surface area contributed by atoms with Crippen molar-refractivity contribution in [2.45, 2.75) is 6.36 Å². The molecule has 2 heterocycles. The first kappa shape index (κ1) is 20.7. The zero-order chi connectivity index (χ0) is 22.2. The van der Waals surface area contributed by atoms with E-state index in [0.29, 0.717) is 10.6 Å². The van der Waals surface area contributed by atoms with Crippen LogP contribution in [0.4, 0.5) is 24.5 Å². The summed E-state index contributed by atoms with van der Waals surface area (Å²) in [6.45, 7) is 0. The molecule has 0 bridgehead atoms. The van der Waals surface area contributed by atoms with Crippen molar-refractivity contribution in [1.82, 2.24) is 0 Å². The summed E-state index contributed by atoms with van der Waals surface area (Å²) in [5.41, 5.74) is 1.00. The maximum Gasteiger partial charge on any atom is 0.573 e. The van der Waals surface area contributed by atoms with Gasteiger partial charge in [0.2, 0.25) is 0 Å². The number of para-hydroxylation sites is 1. The Kier molecular flexibility index (Phi) is 5.28. The number of carbonyl (C=O) groups excluding carboxylic acids is 2. The van der Waals surface area contributed by atoms with Gasteiger partial charge in [-0.05, 0) is 35.7 Å². The minimum absolute atomic E-state index is 0.0118. The van der Waals surface area contributed by atoms with E-state index < -0.39 is 23.9 Å². The summed E-state index contributed by atoms with van der Waals surface area (Å²) in [5, 5.41) is 1.78. The molecule has 0 saturated heterocycles. The van der Waals surface area contributed by atoms with Crippen LogP contribution in [0.3, 0.4) is 0 Å². The molecule has 158 valence electrons. The van der Waals surface area contributed by atoms with Gasteiger partial charge in [-0.15, -0.1) is 24.5 Å².